The molecular formula is C13H20OSi. The first-order chi connectivity index (χ1) is 7.43. The molecule has 1 aromatic carbocycles. The highest BCUT2D eigenvalue weighted by atomic mass is 28.2. The van der Waals surface area contributed by atoms with Gasteiger partial charge in [-0.15, -0.1) is 0 Å². The first-order valence-electron chi connectivity index (χ1n) is 5.73. The summed E-state index contributed by atoms with van der Waals surface area (Å²) in [5.74, 6) is 0. The fourth-order valence-corrected chi connectivity index (χ4v) is 2.56. The molecular weight excluding hydrogens is 200 g/mol. The van der Waals surface area contributed by atoms with Crippen LogP contribution in [0.3, 0.4) is 0 Å². The van der Waals surface area contributed by atoms with Gasteiger partial charge < -0.3 is 4.43 Å². The van der Waals surface area contributed by atoms with Gasteiger partial charge in [-0.05, 0) is 11.6 Å². The Morgan fingerprint density at radius 3 is 2.80 bits per heavy atom. The average molecular weight is 220 g/mol. The van der Waals surface area contributed by atoms with Gasteiger partial charge in [0, 0.05) is 0 Å². The summed E-state index contributed by atoms with van der Waals surface area (Å²) >= 11 is 0. The first kappa shape index (κ1) is 12.2. The third kappa shape index (κ3) is 6.26. The standard InChI is InChI=1S/C13H20OSi/c1-2-3-12-15-14-11-7-10-13-8-5-4-6-9-13/h4-10H,2-3,11-12,15H2,1H3. The van der Waals surface area contributed by atoms with E-state index in [1.165, 1.54) is 24.4 Å². The summed E-state index contributed by atoms with van der Waals surface area (Å²) in [6, 6.07) is 11.7. The van der Waals surface area contributed by atoms with Gasteiger partial charge >= 0.3 is 0 Å². The van der Waals surface area contributed by atoms with E-state index < -0.39 is 0 Å². The van der Waals surface area contributed by atoms with Crippen LogP contribution in [0.15, 0.2) is 36.4 Å². The molecule has 0 spiro atoms. The Morgan fingerprint density at radius 2 is 2.07 bits per heavy atom. The fraction of sp³-hybridized carbons (Fsp3) is 0.385. The Balaban J connectivity index is 2.07. The maximum Gasteiger partial charge on any atom is 0.162 e. The summed E-state index contributed by atoms with van der Waals surface area (Å²) < 4.78 is 5.61. The van der Waals surface area contributed by atoms with E-state index in [-0.39, 0.29) is 9.76 Å². The van der Waals surface area contributed by atoms with Gasteiger partial charge in [-0.2, -0.15) is 0 Å². The van der Waals surface area contributed by atoms with Crippen LogP contribution >= 0.6 is 0 Å². The van der Waals surface area contributed by atoms with Crippen LogP contribution in [0.4, 0.5) is 0 Å². The minimum atomic E-state index is -0.251. The minimum absolute atomic E-state index is 0.251. The monoisotopic (exact) mass is 220 g/mol. The second-order valence-electron chi connectivity index (χ2n) is 3.60. The Bertz CT molecular complexity index is 269. The second kappa shape index (κ2) is 8.45. The van der Waals surface area contributed by atoms with Crippen LogP contribution < -0.4 is 0 Å². The van der Waals surface area contributed by atoms with E-state index in [1.54, 1.807) is 0 Å². The molecule has 1 nitrogen and oxygen atoms in total. The van der Waals surface area contributed by atoms with Crippen molar-refractivity contribution in [1.29, 1.82) is 0 Å². The van der Waals surface area contributed by atoms with Crippen LogP contribution in [0.25, 0.3) is 6.08 Å². The van der Waals surface area contributed by atoms with Crippen molar-refractivity contribution in [2.75, 3.05) is 6.61 Å². The SMILES string of the molecule is CCCC[SiH2]OCC=Cc1ccccc1. The molecule has 0 heterocycles. The molecule has 0 radical (unpaired) electrons. The predicted octanol–water partition coefficient (Wildman–Crippen LogP) is 3.02. The number of hydrogen-bond donors (Lipinski definition) is 0. The van der Waals surface area contributed by atoms with Gasteiger partial charge in [0.2, 0.25) is 0 Å². The van der Waals surface area contributed by atoms with Crippen LogP contribution in [0.1, 0.15) is 25.3 Å². The number of benzene rings is 1. The van der Waals surface area contributed by atoms with Gasteiger partial charge in [0.1, 0.15) is 0 Å². The lowest BCUT2D eigenvalue weighted by atomic mass is 10.2. The highest BCUT2D eigenvalue weighted by Crippen LogP contribution is 2.00. The predicted molar refractivity (Wildman–Crippen MR) is 69.7 cm³/mol. The van der Waals surface area contributed by atoms with Gasteiger partial charge in [-0.3, -0.25) is 0 Å². The maximum absolute atomic E-state index is 5.61. The molecule has 0 aliphatic carbocycles. The summed E-state index contributed by atoms with van der Waals surface area (Å²) in [7, 11) is -0.251. The average Bonchev–Trinajstić information content (AvgIpc) is 2.29. The molecule has 0 aliphatic rings. The molecule has 1 rings (SSSR count). The highest BCUT2D eigenvalue weighted by Gasteiger charge is 1.87. The van der Waals surface area contributed by atoms with Crippen molar-refractivity contribution in [3.8, 4) is 0 Å². The quantitative estimate of drug-likeness (QED) is 0.507. The molecule has 2 heteroatoms. The number of rotatable bonds is 7. The van der Waals surface area contributed by atoms with E-state index in [0.29, 0.717) is 0 Å². The van der Waals surface area contributed by atoms with E-state index in [2.05, 4.69) is 43.3 Å². The molecule has 0 saturated heterocycles. The van der Waals surface area contributed by atoms with Crippen molar-refractivity contribution >= 4 is 15.8 Å². The number of unbranched alkanes of at least 4 members (excludes halogenated alkanes) is 1. The summed E-state index contributed by atoms with van der Waals surface area (Å²) in [5, 5.41) is 0. The lowest BCUT2D eigenvalue weighted by molar-refractivity contribution is 0.384. The van der Waals surface area contributed by atoms with Crippen molar-refractivity contribution in [2.45, 2.75) is 25.8 Å². The summed E-state index contributed by atoms with van der Waals surface area (Å²) in [4.78, 5) is 0. The smallest absolute Gasteiger partial charge is 0.162 e. The molecule has 82 valence electrons. The zero-order valence-electron chi connectivity index (χ0n) is 9.49. The third-order valence-electron chi connectivity index (χ3n) is 2.22. The Kier molecular flexibility index (Phi) is 6.87. The van der Waals surface area contributed by atoms with E-state index in [9.17, 15) is 0 Å². The van der Waals surface area contributed by atoms with Gasteiger partial charge in [0.05, 0.1) is 6.61 Å². The molecule has 0 aromatic heterocycles. The van der Waals surface area contributed by atoms with Gasteiger partial charge in [0.25, 0.3) is 0 Å². The van der Waals surface area contributed by atoms with Gasteiger partial charge in [-0.25, -0.2) is 0 Å². The van der Waals surface area contributed by atoms with Crippen LogP contribution in [0, 0.1) is 0 Å². The molecule has 0 saturated carbocycles. The molecule has 0 aliphatic heterocycles. The lowest BCUT2D eigenvalue weighted by Crippen LogP contribution is -1.97. The molecule has 0 fully saturated rings. The zero-order valence-corrected chi connectivity index (χ0v) is 10.9. The van der Waals surface area contributed by atoms with E-state index >= 15 is 0 Å². The normalized spacial score (nSPS) is 11.8. The number of hydrogen-bond acceptors (Lipinski definition) is 1. The van der Waals surface area contributed by atoms with Crippen LogP contribution in [-0.4, -0.2) is 16.4 Å². The molecule has 0 unspecified atom stereocenters. The molecule has 0 amide bonds. The van der Waals surface area contributed by atoms with Crippen molar-refractivity contribution in [2.24, 2.45) is 0 Å². The summed E-state index contributed by atoms with van der Waals surface area (Å²) in [6.07, 6.45) is 6.84. The largest absolute Gasteiger partial charge is 0.420 e. The minimum Gasteiger partial charge on any atom is -0.420 e. The molecule has 15 heavy (non-hydrogen) atoms. The van der Waals surface area contributed by atoms with Crippen molar-refractivity contribution in [3.63, 3.8) is 0 Å². The zero-order chi connectivity index (χ0) is 10.8. The van der Waals surface area contributed by atoms with E-state index in [1.807, 2.05) is 6.07 Å². The van der Waals surface area contributed by atoms with Crippen molar-refractivity contribution in [3.05, 3.63) is 42.0 Å². The van der Waals surface area contributed by atoms with E-state index in [0.717, 1.165) is 6.61 Å². The third-order valence-corrected chi connectivity index (χ3v) is 3.53. The van der Waals surface area contributed by atoms with Crippen LogP contribution in [0.2, 0.25) is 6.04 Å². The van der Waals surface area contributed by atoms with Crippen molar-refractivity contribution in [1.82, 2.24) is 0 Å². The van der Waals surface area contributed by atoms with Crippen LogP contribution in [0.5, 0.6) is 0 Å². The molecule has 0 atom stereocenters. The Hall–Kier alpha value is -0.863. The molecule has 0 bridgehead atoms. The Morgan fingerprint density at radius 1 is 1.27 bits per heavy atom. The van der Waals surface area contributed by atoms with Gasteiger partial charge in [0.15, 0.2) is 9.76 Å². The highest BCUT2D eigenvalue weighted by molar-refractivity contribution is 6.27. The first-order valence-corrected chi connectivity index (χ1v) is 7.30. The lowest BCUT2D eigenvalue weighted by Gasteiger charge is -1.98. The second-order valence-corrected chi connectivity index (χ2v) is 5.12. The summed E-state index contributed by atoms with van der Waals surface area (Å²) in [6.45, 7) is 3.01. The summed E-state index contributed by atoms with van der Waals surface area (Å²) in [5.41, 5.74) is 1.25. The maximum atomic E-state index is 5.61. The molecule has 0 N–H and O–H groups in total. The van der Waals surface area contributed by atoms with Crippen LogP contribution in [-0.2, 0) is 4.43 Å². The van der Waals surface area contributed by atoms with Crippen molar-refractivity contribution < 1.29 is 4.43 Å². The fourth-order valence-electron chi connectivity index (χ4n) is 1.35. The topological polar surface area (TPSA) is 9.23 Å². The van der Waals surface area contributed by atoms with Gasteiger partial charge in [-0.1, -0.05) is 62.2 Å². The Labute approximate surface area is 95.1 Å². The molecule has 1 aromatic rings. The van der Waals surface area contributed by atoms with E-state index in [4.69, 9.17) is 4.43 Å².